The van der Waals surface area contributed by atoms with Gasteiger partial charge in [0.05, 0.1) is 6.54 Å². The second kappa shape index (κ2) is 10.2. The molecule has 7 heteroatoms. The summed E-state index contributed by atoms with van der Waals surface area (Å²) in [6.45, 7) is 1.21. The first kappa shape index (κ1) is 21.1. The van der Waals surface area contributed by atoms with Crippen LogP contribution in [-0.2, 0) is 27.3 Å². The van der Waals surface area contributed by atoms with E-state index in [1.54, 1.807) is 0 Å². The zero-order valence-corrected chi connectivity index (χ0v) is 15.7. The molecule has 0 aliphatic carbocycles. The van der Waals surface area contributed by atoms with Crippen molar-refractivity contribution < 1.29 is 23.9 Å². The van der Waals surface area contributed by atoms with Crippen molar-refractivity contribution in [2.75, 3.05) is 13.1 Å². The SMILES string of the molecule is Cc1ccc(CCC(=O)NCC(=O)N(CC(=O)O)Cc2ccc(F)cc2)cc1. The highest BCUT2D eigenvalue weighted by Gasteiger charge is 2.18. The number of nitrogens with one attached hydrogen (secondary N) is 1. The molecule has 2 aromatic rings. The molecule has 0 aliphatic rings. The van der Waals surface area contributed by atoms with Gasteiger partial charge in [0.1, 0.15) is 12.4 Å². The number of aliphatic carboxylic acids is 1. The molecule has 0 radical (unpaired) electrons. The van der Waals surface area contributed by atoms with Gasteiger partial charge >= 0.3 is 5.97 Å². The third-order valence-electron chi connectivity index (χ3n) is 4.16. The van der Waals surface area contributed by atoms with Crippen LogP contribution in [0, 0.1) is 12.7 Å². The Morgan fingerprint density at radius 3 is 2.21 bits per heavy atom. The van der Waals surface area contributed by atoms with E-state index in [1.165, 1.54) is 24.3 Å². The summed E-state index contributed by atoms with van der Waals surface area (Å²) in [5.74, 6) is -2.39. The Kier molecular flexibility index (Phi) is 7.68. The quantitative estimate of drug-likeness (QED) is 0.692. The lowest BCUT2D eigenvalue weighted by atomic mass is 10.1. The first-order valence-corrected chi connectivity index (χ1v) is 8.90. The molecule has 6 nitrogen and oxygen atoms in total. The van der Waals surface area contributed by atoms with Gasteiger partial charge in [-0.25, -0.2) is 4.39 Å². The van der Waals surface area contributed by atoms with Crippen molar-refractivity contribution in [1.82, 2.24) is 10.2 Å². The van der Waals surface area contributed by atoms with Crippen LogP contribution in [0.1, 0.15) is 23.1 Å². The molecule has 0 fully saturated rings. The minimum atomic E-state index is -1.17. The molecule has 2 N–H and O–H groups in total. The maximum absolute atomic E-state index is 13.0. The predicted octanol–water partition coefficient (Wildman–Crippen LogP) is 2.30. The molecule has 0 bridgehead atoms. The Hall–Kier alpha value is -3.22. The molecule has 2 rings (SSSR count). The van der Waals surface area contributed by atoms with Gasteiger partial charge in [0.2, 0.25) is 11.8 Å². The van der Waals surface area contributed by atoms with Gasteiger partial charge < -0.3 is 15.3 Å². The second-order valence-electron chi connectivity index (χ2n) is 6.53. The third-order valence-corrected chi connectivity index (χ3v) is 4.16. The van der Waals surface area contributed by atoms with Gasteiger partial charge in [0, 0.05) is 13.0 Å². The number of amides is 2. The van der Waals surface area contributed by atoms with E-state index in [1.807, 2.05) is 31.2 Å². The summed E-state index contributed by atoms with van der Waals surface area (Å²) in [6.07, 6.45) is 0.780. The summed E-state index contributed by atoms with van der Waals surface area (Å²) in [5.41, 5.74) is 2.76. The van der Waals surface area contributed by atoms with Crippen molar-refractivity contribution in [2.24, 2.45) is 0 Å². The van der Waals surface area contributed by atoms with Gasteiger partial charge in [-0.2, -0.15) is 0 Å². The summed E-state index contributed by atoms with van der Waals surface area (Å²) in [4.78, 5) is 36.5. The van der Waals surface area contributed by atoms with E-state index in [4.69, 9.17) is 5.11 Å². The van der Waals surface area contributed by atoms with Crippen LogP contribution in [0.2, 0.25) is 0 Å². The standard InChI is InChI=1S/C21H23FN2O4/c1-15-2-4-16(5-3-15)8-11-19(25)23-12-20(26)24(14-21(27)28)13-17-6-9-18(22)10-7-17/h2-7,9-10H,8,11-14H2,1H3,(H,23,25)(H,27,28). The average Bonchev–Trinajstić information content (AvgIpc) is 2.66. The van der Waals surface area contributed by atoms with Gasteiger partial charge in [-0.15, -0.1) is 0 Å². The first-order valence-electron chi connectivity index (χ1n) is 8.90. The fraction of sp³-hybridized carbons (Fsp3) is 0.286. The van der Waals surface area contributed by atoms with Crippen molar-refractivity contribution >= 4 is 17.8 Å². The Morgan fingerprint density at radius 1 is 1.00 bits per heavy atom. The minimum absolute atomic E-state index is 0.0185. The van der Waals surface area contributed by atoms with Crippen molar-refractivity contribution in [3.8, 4) is 0 Å². The van der Waals surface area contributed by atoms with Crippen molar-refractivity contribution in [1.29, 1.82) is 0 Å². The number of benzene rings is 2. The number of hydrogen-bond acceptors (Lipinski definition) is 3. The molecular weight excluding hydrogens is 363 g/mol. The average molecular weight is 386 g/mol. The molecular formula is C21H23FN2O4. The van der Waals surface area contributed by atoms with Crippen LogP contribution in [0.4, 0.5) is 4.39 Å². The summed E-state index contributed by atoms with van der Waals surface area (Å²) in [6, 6.07) is 13.3. The number of aryl methyl sites for hydroxylation is 2. The fourth-order valence-corrected chi connectivity index (χ4v) is 2.59. The highest BCUT2D eigenvalue weighted by molar-refractivity contribution is 5.86. The molecule has 148 valence electrons. The van der Waals surface area contributed by atoms with E-state index in [0.29, 0.717) is 12.0 Å². The lowest BCUT2D eigenvalue weighted by Crippen LogP contribution is -2.42. The van der Waals surface area contributed by atoms with Gasteiger partial charge in [0.25, 0.3) is 0 Å². The number of hydrogen-bond donors (Lipinski definition) is 2. The molecule has 0 atom stereocenters. The molecule has 0 spiro atoms. The van der Waals surface area contributed by atoms with E-state index in [9.17, 15) is 18.8 Å². The summed E-state index contributed by atoms with van der Waals surface area (Å²) >= 11 is 0. The zero-order valence-electron chi connectivity index (χ0n) is 15.7. The van der Waals surface area contributed by atoms with E-state index in [2.05, 4.69) is 5.32 Å². The number of rotatable bonds is 9. The molecule has 2 aromatic carbocycles. The Bertz CT molecular complexity index is 819. The van der Waals surface area contributed by atoms with Crippen LogP contribution in [0.25, 0.3) is 0 Å². The van der Waals surface area contributed by atoms with Gasteiger partial charge in [-0.3, -0.25) is 14.4 Å². The second-order valence-corrected chi connectivity index (χ2v) is 6.53. The van der Waals surface area contributed by atoms with E-state index in [-0.39, 0.29) is 25.4 Å². The topological polar surface area (TPSA) is 86.7 Å². The largest absolute Gasteiger partial charge is 0.480 e. The number of carbonyl (C=O) groups is 3. The molecule has 0 saturated heterocycles. The van der Waals surface area contributed by atoms with Crippen LogP contribution in [0.3, 0.4) is 0 Å². The first-order chi connectivity index (χ1) is 13.3. The summed E-state index contributed by atoms with van der Waals surface area (Å²) in [7, 11) is 0. The number of carboxylic acids is 1. The van der Waals surface area contributed by atoms with Gasteiger partial charge in [-0.1, -0.05) is 42.0 Å². The number of carbonyl (C=O) groups excluding carboxylic acids is 2. The molecule has 0 heterocycles. The molecule has 0 unspecified atom stereocenters. The van der Waals surface area contributed by atoms with Crippen LogP contribution in [0.5, 0.6) is 0 Å². The zero-order chi connectivity index (χ0) is 20.5. The highest BCUT2D eigenvalue weighted by atomic mass is 19.1. The lowest BCUT2D eigenvalue weighted by Gasteiger charge is -2.21. The van der Waals surface area contributed by atoms with Crippen molar-refractivity contribution in [2.45, 2.75) is 26.3 Å². The molecule has 0 saturated carbocycles. The smallest absolute Gasteiger partial charge is 0.323 e. The number of halogens is 1. The third kappa shape index (κ3) is 7.19. The molecule has 28 heavy (non-hydrogen) atoms. The number of nitrogens with zero attached hydrogens (tertiary/aromatic N) is 1. The van der Waals surface area contributed by atoms with E-state index >= 15 is 0 Å². The molecule has 2 amide bonds. The van der Waals surface area contributed by atoms with Gasteiger partial charge in [-0.05, 0) is 36.6 Å². The minimum Gasteiger partial charge on any atom is -0.480 e. The normalized spacial score (nSPS) is 10.4. The Labute approximate surface area is 163 Å². The van der Waals surface area contributed by atoms with Crippen molar-refractivity contribution in [3.63, 3.8) is 0 Å². The van der Waals surface area contributed by atoms with Crippen molar-refractivity contribution in [3.05, 3.63) is 71.0 Å². The van der Waals surface area contributed by atoms with Crippen LogP contribution >= 0.6 is 0 Å². The predicted molar refractivity (Wildman–Crippen MR) is 102 cm³/mol. The van der Waals surface area contributed by atoms with Crippen LogP contribution in [-0.4, -0.2) is 40.9 Å². The Balaban J connectivity index is 1.85. The van der Waals surface area contributed by atoms with Crippen LogP contribution in [0.15, 0.2) is 48.5 Å². The maximum atomic E-state index is 13.0. The summed E-state index contributed by atoms with van der Waals surface area (Å²) < 4.78 is 13.0. The van der Waals surface area contributed by atoms with E-state index < -0.39 is 24.2 Å². The van der Waals surface area contributed by atoms with Gasteiger partial charge in [0.15, 0.2) is 0 Å². The summed E-state index contributed by atoms with van der Waals surface area (Å²) in [5, 5.41) is 11.6. The molecule has 0 aromatic heterocycles. The highest BCUT2D eigenvalue weighted by Crippen LogP contribution is 2.08. The number of carboxylic acid groups (broad SMARTS) is 1. The van der Waals surface area contributed by atoms with Crippen LogP contribution < -0.4 is 5.32 Å². The Morgan fingerprint density at radius 2 is 1.61 bits per heavy atom. The fourth-order valence-electron chi connectivity index (χ4n) is 2.59. The molecule has 0 aliphatic heterocycles. The van der Waals surface area contributed by atoms with E-state index in [0.717, 1.165) is 16.0 Å². The monoisotopic (exact) mass is 386 g/mol. The maximum Gasteiger partial charge on any atom is 0.323 e. The lowest BCUT2D eigenvalue weighted by molar-refractivity contribution is -0.144.